The molecule has 0 aliphatic carbocycles. The number of hydrogen-bond donors (Lipinski definition) is 0. The quantitative estimate of drug-likeness (QED) is 0.836. The number of amides is 1. The molecule has 2 heterocycles. The zero-order chi connectivity index (χ0) is 18.0. The van der Waals surface area contributed by atoms with Gasteiger partial charge in [0.05, 0.1) is 12.7 Å². The lowest BCUT2D eigenvalue weighted by Crippen LogP contribution is -2.51. The normalized spacial score (nSPS) is 16.2. The summed E-state index contributed by atoms with van der Waals surface area (Å²) in [6, 6.07) is 7.54. The minimum absolute atomic E-state index is 0.214. The molecule has 0 spiro atoms. The first kappa shape index (κ1) is 18.0. The van der Waals surface area contributed by atoms with Gasteiger partial charge < -0.3 is 9.32 Å². The molecule has 0 bridgehead atoms. The number of benzene rings is 1. The average Bonchev–Trinajstić information content (AvgIpc) is 3.03. The number of rotatable bonds is 3. The van der Waals surface area contributed by atoms with Gasteiger partial charge in [-0.1, -0.05) is 44.5 Å². The van der Waals surface area contributed by atoms with Crippen molar-refractivity contribution in [2.24, 2.45) is 5.41 Å². The van der Waals surface area contributed by atoms with Crippen LogP contribution in [0.1, 0.15) is 26.7 Å². The Morgan fingerprint density at radius 3 is 2.60 bits per heavy atom. The summed E-state index contributed by atoms with van der Waals surface area (Å²) in [5, 5.41) is 0.676. The molecule has 1 amide bonds. The van der Waals surface area contributed by atoms with Crippen LogP contribution in [-0.4, -0.2) is 46.9 Å². The standard InChI is InChI=1S/C19H24ClN3O2/c1-19(2,3)18(24)23-9-7-22(8-10-23)13-17-21-12-16(25-17)14-5-4-6-15(20)11-14/h4-6,11-12H,7-10,13H2,1-3H3. The van der Waals surface area contributed by atoms with Gasteiger partial charge in [0.2, 0.25) is 11.8 Å². The van der Waals surface area contributed by atoms with Crippen LogP contribution in [-0.2, 0) is 11.3 Å². The zero-order valence-corrected chi connectivity index (χ0v) is 15.7. The smallest absolute Gasteiger partial charge is 0.228 e. The summed E-state index contributed by atoms with van der Waals surface area (Å²) in [5.74, 6) is 1.62. The Kier molecular flexibility index (Phi) is 5.16. The van der Waals surface area contributed by atoms with Crippen LogP contribution in [0.5, 0.6) is 0 Å². The van der Waals surface area contributed by atoms with Crippen LogP contribution in [0.3, 0.4) is 0 Å². The first-order valence-corrected chi connectivity index (χ1v) is 8.93. The molecule has 5 nitrogen and oxygen atoms in total. The zero-order valence-electron chi connectivity index (χ0n) is 15.0. The number of hydrogen-bond acceptors (Lipinski definition) is 4. The van der Waals surface area contributed by atoms with Gasteiger partial charge in [-0.25, -0.2) is 4.98 Å². The molecule has 1 aliphatic rings. The number of carbonyl (C=O) groups is 1. The molecule has 1 aliphatic heterocycles. The Labute approximate surface area is 153 Å². The largest absolute Gasteiger partial charge is 0.439 e. The summed E-state index contributed by atoms with van der Waals surface area (Å²) in [6.45, 7) is 9.70. The minimum atomic E-state index is -0.323. The molecule has 1 fully saturated rings. The van der Waals surface area contributed by atoms with Gasteiger partial charge in [0, 0.05) is 42.2 Å². The first-order chi connectivity index (χ1) is 11.8. The lowest BCUT2D eigenvalue weighted by Gasteiger charge is -2.37. The second kappa shape index (κ2) is 7.18. The third-order valence-electron chi connectivity index (χ3n) is 4.32. The maximum absolute atomic E-state index is 12.3. The Balaban J connectivity index is 1.57. The van der Waals surface area contributed by atoms with Gasteiger partial charge in [-0.05, 0) is 12.1 Å². The molecule has 0 radical (unpaired) electrons. The van der Waals surface area contributed by atoms with E-state index in [1.165, 1.54) is 0 Å². The van der Waals surface area contributed by atoms with Crippen LogP contribution in [0.2, 0.25) is 5.02 Å². The van der Waals surface area contributed by atoms with Gasteiger partial charge in [-0.15, -0.1) is 0 Å². The molecule has 0 N–H and O–H groups in total. The van der Waals surface area contributed by atoms with E-state index in [0.717, 1.165) is 37.5 Å². The topological polar surface area (TPSA) is 49.6 Å². The lowest BCUT2D eigenvalue weighted by atomic mass is 9.94. The van der Waals surface area contributed by atoms with Crippen LogP contribution >= 0.6 is 11.6 Å². The highest BCUT2D eigenvalue weighted by Crippen LogP contribution is 2.24. The molecule has 1 saturated heterocycles. The third-order valence-corrected chi connectivity index (χ3v) is 4.56. The maximum atomic E-state index is 12.3. The van der Waals surface area contributed by atoms with Gasteiger partial charge in [0.25, 0.3) is 0 Å². The third kappa shape index (κ3) is 4.41. The van der Waals surface area contributed by atoms with E-state index in [-0.39, 0.29) is 11.3 Å². The lowest BCUT2D eigenvalue weighted by molar-refractivity contribution is -0.141. The number of carbonyl (C=O) groups excluding carboxylic acids is 1. The highest BCUT2D eigenvalue weighted by Gasteiger charge is 2.29. The highest BCUT2D eigenvalue weighted by atomic mass is 35.5. The Hall–Kier alpha value is -1.85. The van der Waals surface area contributed by atoms with Crippen molar-refractivity contribution in [1.82, 2.24) is 14.8 Å². The molecule has 6 heteroatoms. The van der Waals surface area contributed by atoms with Gasteiger partial charge >= 0.3 is 0 Å². The fourth-order valence-electron chi connectivity index (χ4n) is 2.93. The van der Waals surface area contributed by atoms with E-state index in [1.54, 1.807) is 6.20 Å². The number of nitrogens with zero attached hydrogens (tertiary/aromatic N) is 3. The fourth-order valence-corrected chi connectivity index (χ4v) is 3.12. The molecule has 0 unspecified atom stereocenters. The second-order valence-electron chi connectivity index (χ2n) is 7.45. The summed E-state index contributed by atoms with van der Waals surface area (Å²) in [6.07, 6.45) is 1.74. The van der Waals surface area contributed by atoms with E-state index in [2.05, 4.69) is 9.88 Å². The number of aromatic nitrogens is 1. The van der Waals surface area contributed by atoms with Crippen molar-refractivity contribution in [2.45, 2.75) is 27.3 Å². The first-order valence-electron chi connectivity index (χ1n) is 8.55. The Bertz CT molecular complexity index is 743. The molecule has 0 atom stereocenters. The summed E-state index contributed by atoms with van der Waals surface area (Å²) in [4.78, 5) is 20.9. The summed E-state index contributed by atoms with van der Waals surface area (Å²) in [7, 11) is 0. The molecule has 3 rings (SSSR count). The van der Waals surface area contributed by atoms with Crippen molar-refractivity contribution in [1.29, 1.82) is 0 Å². The van der Waals surface area contributed by atoms with E-state index >= 15 is 0 Å². The molecule has 134 valence electrons. The van der Waals surface area contributed by atoms with E-state index < -0.39 is 0 Å². The summed E-state index contributed by atoms with van der Waals surface area (Å²) < 4.78 is 5.86. The van der Waals surface area contributed by atoms with Crippen molar-refractivity contribution in [3.05, 3.63) is 41.4 Å². The van der Waals surface area contributed by atoms with E-state index in [0.29, 0.717) is 17.5 Å². The predicted molar refractivity (Wildman–Crippen MR) is 98.3 cm³/mol. The SMILES string of the molecule is CC(C)(C)C(=O)N1CCN(Cc2ncc(-c3cccc(Cl)c3)o2)CC1. The monoisotopic (exact) mass is 361 g/mol. The number of oxazole rings is 1. The van der Waals surface area contributed by atoms with Gasteiger partial charge in [0.1, 0.15) is 0 Å². The van der Waals surface area contributed by atoms with Crippen LogP contribution in [0.25, 0.3) is 11.3 Å². The molecule has 1 aromatic carbocycles. The van der Waals surface area contributed by atoms with Crippen molar-refractivity contribution < 1.29 is 9.21 Å². The molecular formula is C19H24ClN3O2. The van der Waals surface area contributed by atoms with Crippen LogP contribution in [0.4, 0.5) is 0 Å². The van der Waals surface area contributed by atoms with Crippen molar-refractivity contribution in [3.63, 3.8) is 0 Å². The van der Waals surface area contributed by atoms with Gasteiger partial charge in [-0.3, -0.25) is 9.69 Å². The molecule has 1 aromatic heterocycles. The van der Waals surface area contributed by atoms with E-state index in [4.69, 9.17) is 16.0 Å². The fraction of sp³-hybridized carbons (Fsp3) is 0.474. The van der Waals surface area contributed by atoms with Crippen molar-refractivity contribution in [3.8, 4) is 11.3 Å². The summed E-state index contributed by atoms with van der Waals surface area (Å²) in [5.41, 5.74) is 0.600. The Morgan fingerprint density at radius 1 is 1.24 bits per heavy atom. The average molecular weight is 362 g/mol. The Morgan fingerprint density at radius 2 is 1.96 bits per heavy atom. The highest BCUT2D eigenvalue weighted by molar-refractivity contribution is 6.30. The van der Waals surface area contributed by atoms with E-state index in [1.807, 2.05) is 49.9 Å². The van der Waals surface area contributed by atoms with Crippen LogP contribution < -0.4 is 0 Å². The van der Waals surface area contributed by atoms with Gasteiger partial charge in [-0.2, -0.15) is 0 Å². The molecular weight excluding hydrogens is 338 g/mol. The van der Waals surface area contributed by atoms with Crippen molar-refractivity contribution >= 4 is 17.5 Å². The minimum Gasteiger partial charge on any atom is -0.439 e. The maximum Gasteiger partial charge on any atom is 0.228 e. The van der Waals surface area contributed by atoms with Crippen molar-refractivity contribution in [2.75, 3.05) is 26.2 Å². The number of piperazine rings is 1. The molecule has 0 saturated carbocycles. The van der Waals surface area contributed by atoms with Gasteiger partial charge in [0.15, 0.2) is 5.76 Å². The number of halogens is 1. The molecule has 2 aromatic rings. The molecule has 25 heavy (non-hydrogen) atoms. The predicted octanol–water partition coefficient (Wildman–Crippen LogP) is 3.69. The second-order valence-corrected chi connectivity index (χ2v) is 7.88. The summed E-state index contributed by atoms with van der Waals surface area (Å²) >= 11 is 6.03. The van der Waals surface area contributed by atoms with Crippen LogP contribution in [0.15, 0.2) is 34.9 Å². The van der Waals surface area contributed by atoms with Crippen LogP contribution in [0, 0.1) is 5.41 Å². The van der Waals surface area contributed by atoms with E-state index in [9.17, 15) is 4.79 Å².